The van der Waals surface area contributed by atoms with Crippen molar-refractivity contribution in [1.29, 1.82) is 0 Å². The Bertz CT molecular complexity index is 692. The second-order valence-corrected chi connectivity index (χ2v) is 8.68. The highest BCUT2D eigenvalue weighted by Crippen LogP contribution is 2.24. The van der Waals surface area contributed by atoms with Gasteiger partial charge in [-0.25, -0.2) is 0 Å². The second-order valence-electron chi connectivity index (χ2n) is 8.68. The molecule has 0 aromatic heterocycles. The largest absolute Gasteiger partial charge is 0.385 e. The topological polar surface area (TPSA) is 58.6 Å². The number of likely N-dealkylation sites (tertiary alicyclic amines) is 1. The highest BCUT2D eigenvalue weighted by molar-refractivity contribution is 14.0. The maximum atomic E-state index is 6.03. The Labute approximate surface area is 217 Å². The second kappa shape index (κ2) is 15.9. The Morgan fingerprint density at radius 2 is 1.94 bits per heavy atom. The van der Waals surface area contributed by atoms with Gasteiger partial charge in [-0.15, -0.1) is 24.0 Å². The average molecular weight is 575 g/mol. The third-order valence-corrected chi connectivity index (χ3v) is 6.25. The monoisotopic (exact) mass is 574 g/mol. The molecule has 2 aliphatic rings. The molecule has 0 aliphatic carbocycles. The lowest BCUT2D eigenvalue weighted by atomic mass is 10.0. The van der Waals surface area contributed by atoms with Crippen LogP contribution in [0.2, 0.25) is 0 Å². The summed E-state index contributed by atoms with van der Waals surface area (Å²) < 4.78 is 16.8. The highest BCUT2D eigenvalue weighted by atomic mass is 127. The Kier molecular flexibility index (Phi) is 13.6. The molecule has 33 heavy (non-hydrogen) atoms. The summed E-state index contributed by atoms with van der Waals surface area (Å²) in [5.41, 5.74) is 2.64. The van der Waals surface area contributed by atoms with Gasteiger partial charge in [0.25, 0.3) is 0 Å². The van der Waals surface area contributed by atoms with Gasteiger partial charge >= 0.3 is 0 Å². The number of piperidine rings is 1. The third kappa shape index (κ3) is 9.32. The molecule has 1 aromatic rings. The number of benzene rings is 1. The molecular formula is C25H43IN4O3. The summed E-state index contributed by atoms with van der Waals surface area (Å²) >= 11 is 0. The van der Waals surface area contributed by atoms with E-state index in [2.05, 4.69) is 53.2 Å². The van der Waals surface area contributed by atoms with Gasteiger partial charge in [0, 0.05) is 53.0 Å². The van der Waals surface area contributed by atoms with Gasteiger partial charge in [-0.1, -0.05) is 29.8 Å². The first-order valence-electron chi connectivity index (χ1n) is 12.2. The van der Waals surface area contributed by atoms with Crippen molar-refractivity contribution in [2.24, 2.45) is 4.99 Å². The molecular weight excluding hydrogens is 531 g/mol. The number of nitrogens with zero attached hydrogens (tertiary/aromatic N) is 3. The van der Waals surface area contributed by atoms with Gasteiger partial charge in [0.1, 0.15) is 0 Å². The number of morpholine rings is 1. The van der Waals surface area contributed by atoms with E-state index in [-0.39, 0.29) is 30.0 Å². The Balaban J connectivity index is 0.00000385. The van der Waals surface area contributed by atoms with Crippen molar-refractivity contribution in [1.82, 2.24) is 15.1 Å². The Hall–Kier alpha value is -0.940. The molecule has 1 atom stereocenters. The van der Waals surface area contributed by atoms with Crippen LogP contribution in [0.3, 0.4) is 0 Å². The maximum absolute atomic E-state index is 6.03. The van der Waals surface area contributed by atoms with Gasteiger partial charge in [0.2, 0.25) is 0 Å². The summed E-state index contributed by atoms with van der Waals surface area (Å²) in [6.07, 6.45) is 3.40. The van der Waals surface area contributed by atoms with Crippen LogP contribution in [-0.4, -0.2) is 94.7 Å². The number of aryl methyl sites for hydroxylation is 1. The highest BCUT2D eigenvalue weighted by Gasteiger charge is 2.25. The summed E-state index contributed by atoms with van der Waals surface area (Å²) in [6.45, 7) is 12.9. The fourth-order valence-corrected chi connectivity index (χ4v) is 4.48. The lowest BCUT2D eigenvalue weighted by molar-refractivity contribution is 0.00969. The molecule has 2 saturated heterocycles. The predicted molar refractivity (Wildman–Crippen MR) is 145 cm³/mol. The number of aliphatic imine (C=N–C) groups is 1. The summed E-state index contributed by atoms with van der Waals surface area (Å²) in [4.78, 5) is 10.0. The summed E-state index contributed by atoms with van der Waals surface area (Å²) in [7, 11) is 1.74. The minimum atomic E-state index is 0. The lowest BCUT2D eigenvalue weighted by Crippen LogP contribution is -2.47. The van der Waals surface area contributed by atoms with Crippen molar-refractivity contribution in [3.8, 4) is 0 Å². The molecule has 1 aromatic carbocycles. The minimum Gasteiger partial charge on any atom is -0.385 e. The quantitative estimate of drug-likeness (QED) is 0.200. The zero-order chi connectivity index (χ0) is 22.6. The van der Waals surface area contributed by atoms with Gasteiger partial charge < -0.3 is 24.4 Å². The van der Waals surface area contributed by atoms with Crippen LogP contribution in [0.15, 0.2) is 29.3 Å². The molecule has 0 bridgehead atoms. The number of halogens is 1. The van der Waals surface area contributed by atoms with Gasteiger partial charge in [0.05, 0.1) is 31.9 Å². The van der Waals surface area contributed by atoms with E-state index in [9.17, 15) is 0 Å². The normalized spacial score (nSPS) is 19.2. The first-order valence-corrected chi connectivity index (χ1v) is 12.2. The van der Waals surface area contributed by atoms with Crippen LogP contribution >= 0.6 is 24.0 Å². The number of methoxy groups -OCH3 is 1. The molecule has 0 saturated carbocycles. The van der Waals surface area contributed by atoms with Crippen LogP contribution in [0, 0.1) is 6.92 Å². The Morgan fingerprint density at radius 3 is 2.61 bits per heavy atom. The lowest BCUT2D eigenvalue weighted by Gasteiger charge is -2.36. The fourth-order valence-electron chi connectivity index (χ4n) is 4.48. The van der Waals surface area contributed by atoms with E-state index in [1.165, 1.54) is 11.1 Å². The minimum absolute atomic E-state index is 0. The van der Waals surface area contributed by atoms with E-state index in [1.807, 2.05) is 0 Å². The van der Waals surface area contributed by atoms with Crippen molar-refractivity contribution < 1.29 is 14.2 Å². The molecule has 2 heterocycles. The van der Waals surface area contributed by atoms with Crippen LogP contribution in [0.1, 0.15) is 43.4 Å². The zero-order valence-electron chi connectivity index (χ0n) is 20.6. The molecule has 0 amide bonds. The number of guanidine groups is 1. The zero-order valence-corrected chi connectivity index (χ0v) is 23.0. The number of nitrogens with one attached hydrogen (secondary N) is 1. The predicted octanol–water partition coefficient (Wildman–Crippen LogP) is 3.47. The molecule has 7 nitrogen and oxygen atoms in total. The van der Waals surface area contributed by atoms with Crippen LogP contribution < -0.4 is 5.32 Å². The van der Waals surface area contributed by atoms with E-state index in [0.717, 1.165) is 90.9 Å². The van der Waals surface area contributed by atoms with Crippen molar-refractivity contribution >= 4 is 29.9 Å². The molecule has 0 radical (unpaired) electrons. The molecule has 2 aliphatic heterocycles. The third-order valence-electron chi connectivity index (χ3n) is 6.25. The first kappa shape index (κ1) is 28.3. The van der Waals surface area contributed by atoms with E-state index in [0.29, 0.717) is 6.10 Å². The van der Waals surface area contributed by atoms with Crippen molar-refractivity contribution in [3.63, 3.8) is 0 Å². The van der Waals surface area contributed by atoms with Gasteiger partial charge in [-0.3, -0.25) is 9.89 Å². The fraction of sp³-hybridized carbons (Fsp3) is 0.720. The number of rotatable bonds is 10. The van der Waals surface area contributed by atoms with E-state index >= 15 is 0 Å². The summed E-state index contributed by atoms with van der Waals surface area (Å²) in [5, 5.41) is 3.52. The Morgan fingerprint density at radius 1 is 1.18 bits per heavy atom. The van der Waals surface area contributed by atoms with E-state index < -0.39 is 0 Å². The number of ether oxygens (including phenoxy) is 3. The van der Waals surface area contributed by atoms with Crippen LogP contribution in [0.25, 0.3) is 0 Å². The molecule has 2 fully saturated rings. The summed E-state index contributed by atoms with van der Waals surface area (Å²) in [6, 6.07) is 9.13. The van der Waals surface area contributed by atoms with Crippen molar-refractivity contribution in [3.05, 3.63) is 35.4 Å². The van der Waals surface area contributed by atoms with E-state index in [4.69, 9.17) is 19.2 Å². The van der Waals surface area contributed by atoms with Crippen LogP contribution in [0.5, 0.6) is 0 Å². The van der Waals surface area contributed by atoms with Crippen molar-refractivity contribution in [2.75, 3.05) is 72.8 Å². The SMILES string of the molecule is CCNC(=NCC(c1cccc(C)c1)N1CCOCC1)N1CCC(OCCCOC)CC1.I. The van der Waals surface area contributed by atoms with Crippen LogP contribution in [0.4, 0.5) is 0 Å². The van der Waals surface area contributed by atoms with Crippen molar-refractivity contribution in [2.45, 2.75) is 45.3 Å². The molecule has 8 heteroatoms. The summed E-state index contributed by atoms with van der Waals surface area (Å²) in [5.74, 6) is 1.02. The van der Waals surface area contributed by atoms with Gasteiger partial charge in [0.15, 0.2) is 5.96 Å². The van der Waals surface area contributed by atoms with Gasteiger partial charge in [-0.05, 0) is 38.7 Å². The average Bonchev–Trinajstić information content (AvgIpc) is 2.82. The van der Waals surface area contributed by atoms with E-state index in [1.54, 1.807) is 7.11 Å². The molecule has 188 valence electrons. The molecule has 0 spiro atoms. The molecule has 1 N–H and O–H groups in total. The molecule has 3 rings (SSSR count). The maximum Gasteiger partial charge on any atom is 0.193 e. The number of hydrogen-bond acceptors (Lipinski definition) is 5. The number of hydrogen-bond donors (Lipinski definition) is 1. The van der Waals surface area contributed by atoms with Gasteiger partial charge in [-0.2, -0.15) is 0 Å². The smallest absolute Gasteiger partial charge is 0.193 e. The van der Waals surface area contributed by atoms with Crippen LogP contribution in [-0.2, 0) is 14.2 Å². The first-order chi connectivity index (χ1) is 15.7. The standard InChI is InChI=1S/C25H42N4O3.HI/c1-4-26-25(29-11-9-23(10-12-29)32-16-6-15-30-3)27-20-24(28-13-17-31-18-14-28)22-8-5-7-21(2)19-22;/h5,7-8,19,23-24H,4,6,9-18,20H2,1-3H3,(H,26,27);1H. The molecule has 1 unspecified atom stereocenters.